The highest BCUT2D eigenvalue weighted by Crippen LogP contribution is 2.28. The van der Waals surface area contributed by atoms with Gasteiger partial charge in [0.25, 0.3) is 15.9 Å². The molecular formula is C20H21FN2O5S. The lowest BCUT2D eigenvalue weighted by molar-refractivity contribution is -0.142. The van der Waals surface area contributed by atoms with Crippen molar-refractivity contribution in [1.82, 2.24) is 5.32 Å². The second-order valence-electron chi connectivity index (χ2n) is 6.90. The van der Waals surface area contributed by atoms with Gasteiger partial charge in [-0.15, -0.1) is 0 Å². The minimum Gasteiger partial charge on any atom is -0.464 e. The molecule has 0 aliphatic heterocycles. The lowest BCUT2D eigenvalue weighted by Crippen LogP contribution is -2.31. The van der Waals surface area contributed by atoms with Crippen molar-refractivity contribution < 1.29 is 27.1 Å². The average Bonchev–Trinajstić information content (AvgIpc) is 3.51. The molecule has 1 aliphatic carbocycles. The quantitative estimate of drug-likeness (QED) is 0.640. The average molecular weight is 420 g/mol. The summed E-state index contributed by atoms with van der Waals surface area (Å²) in [5, 5.41) is 2.45. The van der Waals surface area contributed by atoms with Gasteiger partial charge in [-0.2, -0.15) is 0 Å². The first kappa shape index (κ1) is 20.8. The molecule has 1 aliphatic rings. The molecule has 0 radical (unpaired) electrons. The van der Waals surface area contributed by atoms with Gasteiger partial charge in [-0.1, -0.05) is 6.07 Å². The lowest BCUT2D eigenvalue weighted by atomic mass is 10.1. The van der Waals surface area contributed by atoms with Crippen molar-refractivity contribution in [2.45, 2.75) is 24.7 Å². The van der Waals surface area contributed by atoms with E-state index in [1.165, 1.54) is 30.3 Å². The number of hydrogen-bond acceptors (Lipinski definition) is 5. The van der Waals surface area contributed by atoms with Crippen LogP contribution in [0.1, 0.15) is 28.8 Å². The first-order valence-electron chi connectivity index (χ1n) is 9.07. The summed E-state index contributed by atoms with van der Waals surface area (Å²) < 4.78 is 45.5. The van der Waals surface area contributed by atoms with E-state index in [-0.39, 0.29) is 22.7 Å². The van der Waals surface area contributed by atoms with Crippen LogP contribution in [0.15, 0.2) is 47.4 Å². The van der Waals surface area contributed by atoms with Crippen LogP contribution in [0.25, 0.3) is 0 Å². The zero-order chi connectivity index (χ0) is 21.0. The summed E-state index contributed by atoms with van der Waals surface area (Å²) in [6, 6.07) is 8.94. The second-order valence-corrected chi connectivity index (χ2v) is 8.58. The van der Waals surface area contributed by atoms with E-state index in [1.807, 2.05) is 0 Å². The Morgan fingerprint density at radius 3 is 2.48 bits per heavy atom. The van der Waals surface area contributed by atoms with Crippen molar-refractivity contribution in [3.63, 3.8) is 0 Å². The van der Waals surface area contributed by atoms with Gasteiger partial charge in [0, 0.05) is 11.3 Å². The molecule has 3 rings (SSSR count). The summed E-state index contributed by atoms with van der Waals surface area (Å²) in [7, 11) is -3.99. The summed E-state index contributed by atoms with van der Waals surface area (Å²) in [5.74, 6) is -1.18. The SMILES string of the molecule is Cc1ccc(S(=O)(=O)Nc2ccc(F)cc2)cc1C(=O)NCC(=O)OCC1CC1. The van der Waals surface area contributed by atoms with Crippen LogP contribution in [-0.2, 0) is 19.6 Å². The van der Waals surface area contributed by atoms with Crippen LogP contribution in [0.2, 0.25) is 0 Å². The van der Waals surface area contributed by atoms with Gasteiger partial charge in [0.2, 0.25) is 0 Å². The molecule has 2 aromatic carbocycles. The maximum absolute atomic E-state index is 13.0. The Morgan fingerprint density at radius 2 is 1.83 bits per heavy atom. The minimum atomic E-state index is -3.99. The second kappa shape index (κ2) is 8.60. The Labute approximate surface area is 168 Å². The fraction of sp³-hybridized carbons (Fsp3) is 0.300. The molecular weight excluding hydrogens is 399 g/mol. The van der Waals surface area contributed by atoms with Gasteiger partial charge >= 0.3 is 5.97 Å². The highest BCUT2D eigenvalue weighted by Gasteiger charge is 2.23. The van der Waals surface area contributed by atoms with E-state index in [0.717, 1.165) is 25.0 Å². The van der Waals surface area contributed by atoms with Crippen molar-refractivity contribution in [2.24, 2.45) is 5.92 Å². The van der Waals surface area contributed by atoms with Crippen LogP contribution < -0.4 is 10.0 Å². The third kappa shape index (κ3) is 5.77. The molecule has 0 heterocycles. The van der Waals surface area contributed by atoms with E-state index in [0.29, 0.717) is 18.1 Å². The maximum Gasteiger partial charge on any atom is 0.325 e. The molecule has 0 aromatic heterocycles. The van der Waals surface area contributed by atoms with Gasteiger partial charge in [0.15, 0.2) is 0 Å². The zero-order valence-electron chi connectivity index (χ0n) is 15.8. The lowest BCUT2D eigenvalue weighted by Gasteiger charge is -2.12. The monoisotopic (exact) mass is 420 g/mol. The minimum absolute atomic E-state index is 0.127. The molecule has 0 saturated heterocycles. The zero-order valence-corrected chi connectivity index (χ0v) is 16.6. The van der Waals surface area contributed by atoms with Crippen LogP contribution in [0.3, 0.4) is 0 Å². The standard InChI is InChI=1S/C20H21FN2O5S/c1-13-2-9-17(29(26,27)23-16-7-5-15(21)6-8-16)10-18(13)20(25)22-11-19(24)28-12-14-3-4-14/h2,5-10,14,23H,3-4,11-12H2,1H3,(H,22,25). The molecule has 1 amide bonds. The van der Waals surface area contributed by atoms with Gasteiger partial charge in [-0.25, -0.2) is 12.8 Å². The van der Waals surface area contributed by atoms with Gasteiger partial charge in [-0.3, -0.25) is 14.3 Å². The molecule has 154 valence electrons. The number of benzene rings is 2. The van der Waals surface area contributed by atoms with Crippen molar-refractivity contribution in [2.75, 3.05) is 17.9 Å². The number of nitrogens with one attached hydrogen (secondary N) is 2. The molecule has 29 heavy (non-hydrogen) atoms. The van der Waals surface area contributed by atoms with Crippen LogP contribution >= 0.6 is 0 Å². The fourth-order valence-corrected chi connectivity index (χ4v) is 3.62. The van der Waals surface area contributed by atoms with Crippen LogP contribution in [0.4, 0.5) is 10.1 Å². The summed E-state index contributed by atoms with van der Waals surface area (Å²) in [5.41, 5.74) is 0.868. The van der Waals surface area contributed by atoms with Crippen molar-refractivity contribution in [3.8, 4) is 0 Å². The number of carbonyl (C=O) groups is 2. The molecule has 0 unspecified atom stereocenters. The third-order valence-electron chi connectivity index (χ3n) is 4.43. The molecule has 9 heteroatoms. The predicted molar refractivity (Wildman–Crippen MR) is 104 cm³/mol. The number of amides is 1. The Balaban J connectivity index is 1.68. The van der Waals surface area contributed by atoms with Crippen LogP contribution in [-0.4, -0.2) is 33.4 Å². The molecule has 0 bridgehead atoms. The number of anilines is 1. The molecule has 2 aromatic rings. The normalized spacial score (nSPS) is 13.6. The van der Waals surface area contributed by atoms with E-state index < -0.39 is 27.7 Å². The Kier molecular flexibility index (Phi) is 6.17. The van der Waals surface area contributed by atoms with Crippen molar-refractivity contribution in [3.05, 3.63) is 59.4 Å². The first-order valence-corrected chi connectivity index (χ1v) is 10.6. The molecule has 0 atom stereocenters. The van der Waals surface area contributed by atoms with E-state index in [1.54, 1.807) is 6.92 Å². The highest BCUT2D eigenvalue weighted by atomic mass is 32.2. The van der Waals surface area contributed by atoms with E-state index in [9.17, 15) is 22.4 Å². The number of ether oxygens (including phenoxy) is 1. The van der Waals surface area contributed by atoms with E-state index in [2.05, 4.69) is 10.0 Å². The highest BCUT2D eigenvalue weighted by molar-refractivity contribution is 7.92. The molecule has 1 saturated carbocycles. The number of rotatable bonds is 8. The number of carbonyl (C=O) groups excluding carboxylic acids is 2. The number of aryl methyl sites for hydroxylation is 1. The van der Waals surface area contributed by atoms with Crippen molar-refractivity contribution >= 4 is 27.6 Å². The van der Waals surface area contributed by atoms with Gasteiger partial charge < -0.3 is 10.1 Å². The summed E-state index contributed by atoms with van der Waals surface area (Å²) in [6.45, 7) is 1.72. The Morgan fingerprint density at radius 1 is 1.14 bits per heavy atom. The molecule has 0 spiro atoms. The predicted octanol–water partition coefficient (Wildman–Crippen LogP) is 2.62. The van der Waals surface area contributed by atoms with Gasteiger partial charge in [0.1, 0.15) is 12.4 Å². The first-order chi connectivity index (χ1) is 13.7. The molecule has 7 nitrogen and oxygen atoms in total. The Hall–Kier alpha value is -2.94. The van der Waals surface area contributed by atoms with E-state index in [4.69, 9.17) is 4.74 Å². The smallest absolute Gasteiger partial charge is 0.325 e. The topological polar surface area (TPSA) is 102 Å². The summed E-state index contributed by atoms with van der Waals surface area (Å²) in [6.07, 6.45) is 2.10. The summed E-state index contributed by atoms with van der Waals surface area (Å²) in [4.78, 5) is 24.0. The summed E-state index contributed by atoms with van der Waals surface area (Å²) >= 11 is 0. The van der Waals surface area contributed by atoms with Gasteiger partial charge in [0.05, 0.1) is 11.5 Å². The van der Waals surface area contributed by atoms with Crippen LogP contribution in [0, 0.1) is 18.7 Å². The van der Waals surface area contributed by atoms with Gasteiger partial charge in [-0.05, 0) is 67.6 Å². The number of esters is 1. The van der Waals surface area contributed by atoms with E-state index >= 15 is 0 Å². The largest absolute Gasteiger partial charge is 0.464 e. The fourth-order valence-electron chi connectivity index (χ4n) is 2.54. The van der Waals surface area contributed by atoms with Crippen molar-refractivity contribution in [1.29, 1.82) is 0 Å². The van der Waals surface area contributed by atoms with Crippen LogP contribution in [0.5, 0.6) is 0 Å². The third-order valence-corrected chi connectivity index (χ3v) is 5.81. The number of halogens is 1. The maximum atomic E-state index is 13.0. The molecule has 2 N–H and O–H groups in total. The number of hydrogen-bond donors (Lipinski definition) is 2. The number of sulfonamides is 1. The molecule has 1 fully saturated rings. The Bertz CT molecular complexity index is 1020.